The van der Waals surface area contributed by atoms with Gasteiger partial charge in [-0.1, -0.05) is 0 Å². The maximum absolute atomic E-state index is 10.6. The van der Waals surface area contributed by atoms with Gasteiger partial charge < -0.3 is 24.2 Å². The average Bonchev–Trinajstić information content (AvgIpc) is 1.94. The van der Waals surface area contributed by atoms with E-state index in [1.165, 1.54) is 6.20 Å². The van der Waals surface area contributed by atoms with E-state index in [-0.39, 0.29) is 94.2 Å². The largest absolute Gasteiger partial charge is 1.00 e. The van der Waals surface area contributed by atoms with E-state index in [0.29, 0.717) is 5.56 Å². The summed E-state index contributed by atoms with van der Waals surface area (Å²) in [6, 6.07) is 0. The van der Waals surface area contributed by atoms with Gasteiger partial charge in [0.05, 0.1) is 0 Å². The van der Waals surface area contributed by atoms with E-state index in [9.17, 15) is 9.59 Å². The third kappa shape index (κ3) is 20.3. The van der Waals surface area contributed by atoms with Crippen molar-refractivity contribution < 1.29 is 108 Å². The summed E-state index contributed by atoms with van der Waals surface area (Å²) >= 11 is 0. The summed E-state index contributed by atoms with van der Waals surface area (Å²) < 4.78 is 8.55. The zero-order chi connectivity index (χ0) is 11.4. The molecule has 1 aromatic rings. The van der Waals surface area contributed by atoms with E-state index >= 15 is 0 Å². The molecule has 80 valence electrons. The second kappa shape index (κ2) is 12.8. The zero-order valence-electron chi connectivity index (χ0n) is 9.97. The summed E-state index contributed by atoms with van der Waals surface area (Å²) in [7, 11) is -5.39. The predicted octanol–water partition coefficient (Wildman–Crippen LogP) is -12.4. The summed E-state index contributed by atoms with van der Waals surface area (Å²) in [5, 5.41) is 0. The first kappa shape index (κ1) is 27.2. The van der Waals surface area contributed by atoms with Crippen LogP contribution in [0.25, 0.3) is 0 Å². The monoisotopic (exact) mass is 290 g/mol. The summed E-state index contributed by atoms with van der Waals surface area (Å²) in [5.74, 6) is 0. The van der Waals surface area contributed by atoms with Crippen LogP contribution in [0.5, 0.6) is 0 Å². The number of hydrogen-bond donors (Lipinski definition) is 2. The van der Waals surface area contributed by atoms with Crippen LogP contribution in [0.15, 0.2) is 15.8 Å². The van der Waals surface area contributed by atoms with Gasteiger partial charge in [-0.05, 0) is 6.92 Å². The normalized spacial score (nSPS) is 8.47. The van der Waals surface area contributed by atoms with E-state index in [0.717, 1.165) is 0 Å². The molecule has 0 aromatic carbocycles. The molecule has 0 amide bonds. The summed E-state index contributed by atoms with van der Waals surface area (Å²) in [6.07, 6.45) is 1.38. The number of hydrogen-bond acceptors (Lipinski definition) is 6. The number of H-pyrrole nitrogens is 2. The van der Waals surface area contributed by atoms with Crippen LogP contribution >= 0.6 is 7.82 Å². The Labute approximate surface area is 163 Å². The smallest absolute Gasteiger partial charge is 0.822 e. The van der Waals surface area contributed by atoms with E-state index in [1.807, 2.05) is 0 Å². The average molecular weight is 290 g/mol. The number of phosphoric acid groups is 1. The van der Waals surface area contributed by atoms with Gasteiger partial charge in [0, 0.05) is 11.8 Å². The van der Waals surface area contributed by atoms with Crippen molar-refractivity contribution in [1.82, 2.24) is 9.97 Å². The molecular formula is C5H6N2Na3O6P. The van der Waals surface area contributed by atoms with Crippen LogP contribution < -0.4 is 115 Å². The number of aryl methyl sites for hydroxylation is 1. The Bertz CT molecular complexity index is 445. The fraction of sp³-hybridized carbons (Fsp3) is 0.200. The van der Waals surface area contributed by atoms with Gasteiger partial charge in [0.25, 0.3) is 5.56 Å². The molecule has 8 nitrogen and oxygen atoms in total. The first-order valence-corrected chi connectivity index (χ1v) is 4.68. The Balaban J connectivity index is -0.0000000948. The first-order chi connectivity index (χ1) is 6.20. The van der Waals surface area contributed by atoms with Crippen LogP contribution in [0.4, 0.5) is 0 Å². The molecule has 0 aliphatic heterocycles. The van der Waals surface area contributed by atoms with Crippen LogP contribution in [0.1, 0.15) is 5.56 Å². The molecule has 1 heterocycles. The summed E-state index contributed by atoms with van der Waals surface area (Å²) in [6.45, 7) is 1.62. The molecule has 1 aromatic heterocycles. The third-order valence-corrected chi connectivity index (χ3v) is 1.00. The van der Waals surface area contributed by atoms with Crippen LogP contribution in [0.2, 0.25) is 0 Å². The van der Waals surface area contributed by atoms with Gasteiger partial charge >= 0.3 is 94.4 Å². The Morgan fingerprint density at radius 2 is 1.47 bits per heavy atom. The van der Waals surface area contributed by atoms with E-state index in [2.05, 4.69) is 9.97 Å². The van der Waals surface area contributed by atoms with Gasteiger partial charge in [-0.15, -0.1) is 0 Å². The molecule has 0 saturated carbocycles. The molecule has 1 rings (SSSR count). The minimum absolute atomic E-state index is 0. The van der Waals surface area contributed by atoms with Gasteiger partial charge in [0.2, 0.25) is 0 Å². The fourth-order valence-corrected chi connectivity index (χ4v) is 0.477. The Kier molecular flexibility index (Phi) is 20.5. The van der Waals surface area contributed by atoms with Gasteiger partial charge in [0.15, 0.2) is 0 Å². The molecule has 0 atom stereocenters. The van der Waals surface area contributed by atoms with E-state index in [4.69, 9.17) is 19.2 Å². The van der Waals surface area contributed by atoms with E-state index < -0.39 is 13.5 Å². The van der Waals surface area contributed by atoms with Gasteiger partial charge in [-0.3, -0.25) is 9.78 Å². The Morgan fingerprint density at radius 1 is 1.12 bits per heavy atom. The minimum Gasteiger partial charge on any atom is -0.822 e. The zero-order valence-corrected chi connectivity index (χ0v) is 16.9. The van der Waals surface area contributed by atoms with Gasteiger partial charge in [0.1, 0.15) is 0 Å². The fourth-order valence-electron chi connectivity index (χ4n) is 0.477. The maximum Gasteiger partial charge on any atom is 1.00 e. The standard InChI is InChI=1S/C5H6N2O2.3Na.H3O4P/c1-3-2-6-5(9)7-4(3)8;;;;1-5(2,3)4/h2H,1H3,(H2,6,7,8,9);;;;(H3,1,2,3,4)/q;3*+1;/p-3. The van der Waals surface area contributed by atoms with Crippen LogP contribution in [0.3, 0.4) is 0 Å². The van der Waals surface area contributed by atoms with Crippen molar-refractivity contribution >= 4 is 7.82 Å². The maximum atomic E-state index is 10.6. The minimum atomic E-state index is -5.39. The van der Waals surface area contributed by atoms with Crippen LogP contribution in [0, 0.1) is 6.92 Å². The molecular weight excluding hydrogens is 284 g/mol. The van der Waals surface area contributed by atoms with Crippen molar-refractivity contribution in [3.05, 3.63) is 32.6 Å². The molecule has 0 radical (unpaired) electrons. The number of aromatic amines is 2. The van der Waals surface area contributed by atoms with Crippen molar-refractivity contribution in [2.24, 2.45) is 0 Å². The van der Waals surface area contributed by atoms with Crippen molar-refractivity contribution in [1.29, 1.82) is 0 Å². The summed E-state index contributed by atoms with van der Waals surface area (Å²) in [5.41, 5.74) is -0.293. The third-order valence-electron chi connectivity index (χ3n) is 1.00. The summed E-state index contributed by atoms with van der Waals surface area (Å²) in [4.78, 5) is 50.9. The molecule has 0 spiro atoms. The molecule has 17 heavy (non-hydrogen) atoms. The Morgan fingerprint density at radius 3 is 1.71 bits per heavy atom. The quantitative estimate of drug-likeness (QED) is 0.357. The first-order valence-electron chi connectivity index (χ1n) is 3.22. The topological polar surface area (TPSA) is 152 Å². The SMILES string of the molecule is Cc1c[nH]c(=O)[nH]c1=O.O=P([O-])([O-])[O-].[Na+].[Na+].[Na+]. The van der Waals surface area contributed by atoms with Crippen molar-refractivity contribution in [2.45, 2.75) is 6.92 Å². The van der Waals surface area contributed by atoms with Crippen molar-refractivity contribution in [2.75, 3.05) is 0 Å². The van der Waals surface area contributed by atoms with E-state index in [1.54, 1.807) is 6.92 Å². The molecule has 0 aliphatic rings. The van der Waals surface area contributed by atoms with Crippen LogP contribution in [-0.4, -0.2) is 9.97 Å². The molecule has 2 N–H and O–H groups in total. The molecule has 0 unspecified atom stereocenters. The van der Waals surface area contributed by atoms with Crippen molar-refractivity contribution in [3.63, 3.8) is 0 Å². The number of nitrogens with one attached hydrogen (secondary N) is 2. The molecule has 0 bridgehead atoms. The Hall–Kier alpha value is 1.79. The van der Waals surface area contributed by atoms with Crippen LogP contribution in [-0.2, 0) is 4.57 Å². The second-order valence-electron chi connectivity index (χ2n) is 2.20. The number of aromatic nitrogens is 2. The second-order valence-corrected chi connectivity index (χ2v) is 3.10. The molecule has 0 aliphatic carbocycles. The predicted molar refractivity (Wildman–Crippen MR) is 40.0 cm³/mol. The molecule has 0 saturated heterocycles. The van der Waals surface area contributed by atoms with Crippen molar-refractivity contribution in [3.8, 4) is 0 Å². The van der Waals surface area contributed by atoms with Gasteiger partial charge in [-0.25, -0.2) is 4.79 Å². The molecule has 12 heteroatoms. The van der Waals surface area contributed by atoms with Gasteiger partial charge in [-0.2, -0.15) is 7.82 Å². The molecule has 0 fully saturated rings. The number of rotatable bonds is 0.